The molecule has 26 heavy (non-hydrogen) atoms. The standard InChI is InChI=1S/C20H23N3O2S/c1-5-16-22-19-17(20(25)23(16)12(4)18(21)24)15(10-26-19)14-8-6-13(7-9-14)11(2)3/h6-12H,5H2,1-4H3,(H2,21,24). The van der Waals surface area contributed by atoms with Gasteiger partial charge in [0.15, 0.2) is 0 Å². The fourth-order valence-corrected chi connectivity index (χ4v) is 4.04. The van der Waals surface area contributed by atoms with Gasteiger partial charge in [-0.05, 0) is 24.0 Å². The molecule has 2 aromatic heterocycles. The van der Waals surface area contributed by atoms with Crippen molar-refractivity contribution in [1.29, 1.82) is 0 Å². The Bertz CT molecular complexity index is 1020. The third-order valence-corrected chi connectivity index (χ3v) is 5.59. The molecular formula is C20H23N3O2S. The Kier molecular flexibility index (Phi) is 4.96. The van der Waals surface area contributed by atoms with Gasteiger partial charge in [-0.15, -0.1) is 11.3 Å². The van der Waals surface area contributed by atoms with Crippen LogP contribution < -0.4 is 11.3 Å². The second-order valence-corrected chi connectivity index (χ2v) is 7.60. The Hall–Kier alpha value is -2.47. The van der Waals surface area contributed by atoms with Crippen molar-refractivity contribution < 1.29 is 4.79 Å². The number of hydrogen-bond acceptors (Lipinski definition) is 4. The Balaban J connectivity index is 2.24. The number of hydrogen-bond donors (Lipinski definition) is 1. The summed E-state index contributed by atoms with van der Waals surface area (Å²) in [6, 6.07) is 7.51. The quantitative estimate of drug-likeness (QED) is 0.742. The fourth-order valence-electron chi connectivity index (χ4n) is 3.08. The van der Waals surface area contributed by atoms with E-state index in [2.05, 4.69) is 31.0 Å². The topological polar surface area (TPSA) is 78.0 Å². The lowest BCUT2D eigenvalue weighted by Gasteiger charge is -2.16. The van der Waals surface area contributed by atoms with Crippen LogP contribution in [-0.4, -0.2) is 15.5 Å². The van der Waals surface area contributed by atoms with Crippen molar-refractivity contribution >= 4 is 27.5 Å². The van der Waals surface area contributed by atoms with Gasteiger partial charge in [0.1, 0.15) is 16.7 Å². The highest BCUT2D eigenvalue weighted by molar-refractivity contribution is 7.17. The Labute approximate surface area is 156 Å². The summed E-state index contributed by atoms with van der Waals surface area (Å²) in [5, 5.41) is 2.51. The van der Waals surface area contributed by atoms with Crippen molar-refractivity contribution in [3.63, 3.8) is 0 Å². The molecule has 3 aromatic rings. The predicted molar refractivity (Wildman–Crippen MR) is 107 cm³/mol. The number of aryl methyl sites for hydroxylation is 1. The highest BCUT2D eigenvalue weighted by atomic mass is 32.1. The predicted octanol–water partition coefficient (Wildman–Crippen LogP) is 3.86. The molecule has 0 aliphatic carbocycles. The summed E-state index contributed by atoms with van der Waals surface area (Å²) in [4.78, 5) is 30.2. The van der Waals surface area contributed by atoms with E-state index in [4.69, 9.17) is 5.73 Å². The van der Waals surface area contributed by atoms with E-state index in [0.29, 0.717) is 28.4 Å². The van der Waals surface area contributed by atoms with E-state index in [1.54, 1.807) is 6.92 Å². The number of thiophene rings is 1. The molecule has 0 saturated carbocycles. The highest BCUT2D eigenvalue weighted by Crippen LogP contribution is 2.32. The Morgan fingerprint density at radius 1 is 1.23 bits per heavy atom. The number of nitrogens with two attached hydrogens (primary N) is 1. The van der Waals surface area contributed by atoms with E-state index >= 15 is 0 Å². The molecule has 1 aromatic carbocycles. The monoisotopic (exact) mass is 369 g/mol. The van der Waals surface area contributed by atoms with Gasteiger partial charge in [0.25, 0.3) is 5.56 Å². The van der Waals surface area contributed by atoms with E-state index < -0.39 is 11.9 Å². The third-order valence-electron chi connectivity index (χ3n) is 4.72. The lowest BCUT2D eigenvalue weighted by atomic mass is 9.99. The van der Waals surface area contributed by atoms with Crippen LogP contribution in [0.3, 0.4) is 0 Å². The molecule has 1 unspecified atom stereocenters. The van der Waals surface area contributed by atoms with Crippen molar-refractivity contribution in [3.05, 3.63) is 51.4 Å². The van der Waals surface area contributed by atoms with Crippen molar-refractivity contribution in [2.45, 2.75) is 46.1 Å². The van der Waals surface area contributed by atoms with Crippen LogP contribution >= 0.6 is 11.3 Å². The van der Waals surface area contributed by atoms with E-state index in [1.807, 2.05) is 24.4 Å². The molecule has 1 amide bonds. The summed E-state index contributed by atoms with van der Waals surface area (Å²) < 4.78 is 1.43. The van der Waals surface area contributed by atoms with E-state index in [-0.39, 0.29) is 5.56 Å². The number of rotatable bonds is 5. The smallest absolute Gasteiger partial charge is 0.263 e. The maximum absolute atomic E-state index is 13.2. The molecule has 2 heterocycles. The zero-order chi connectivity index (χ0) is 19.0. The minimum atomic E-state index is -0.731. The van der Waals surface area contributed by atoms with E-state index in [9.17, 15) is 9.59 Å². The van der Waals surface area contributed by atoms with Gasteiger partial charge in [0, 0.05) is 17.4 Å². The first-order chi connectivity index (χ1) is 12.3. The third kappa shape index (κ3) is 3.05. The summed E-state index contributed by atoms with van der Waals surface area (Å²) in [6.45, 7) is 7.85. The average Bonchev–Trinajstić information content (AvgIpc) is 3.05. The molecule has 0 radical (unpaired) electrons. The van der Waals surface area contributed by atoms with Gasteiger partial charge >= 0.3 is 0 Å². The molecule has 0 spiro atoms. The van der Waals surface area contributed by atoms with Crippen LogP contribution in [0.25, 0.3) is 21.3 Å². The number of nitrogens with zero attached hydrogens (tertiary/aromatic N) is 2. The van der Waals surface area contributed by atoms with Crippen LogP contribution in [0.4, 0.5) is 0 Å². The van der Waals surface area contributed by atoms with E-state index in [1.165, 1.54) is 21.5 Å². The first-order valence-corrected chi connectivity index (χ1v) is 9.65. The molecule has 2 N–H and O–H groups in total. The van der Waals surface area contributed by atoms with Gasteiger partial charge in [-0.2, -0.15) is 0 Å². The maximum atomic E-state index is 13.2. The summed E-state index contributed by atoms with van der Waals surface area (Å²) in [5.74, 6) is 0.490. The Morgan fingerprint density at radius 2 is 1.88 bits per heavy atom. The number of fused-ring (bicyclic) bond motifs is 1. The van der Waals surface area contributed by atoms with Gasteiger partial charge in [-0.1, -0.05) is 45.0 Å². The number of primary amides is 1. The van der Waals surface area contributed by atoms with Crippen molar-refractivity contribution in [3.8, 4) is 11.1 Å². The van der Waals surface area contributed by atoms with Gasteiger partial charge in [-0.25, -0.2) is 4.98 Å². The van der Waals surface area contributed by atoms with Crippen LogP contribution in [0.15, 0.2) is 34.4 Å². The molecule has 0 aliphatic rings. The molecule has 3 rings (SSSR count). The zero-order valence-corrected chi connectivity index (χ0v) is 16.3. The molecule has 136 valence electrons. The molecule has 0 saturated heterocycles. The number of aromatic nitrogens is 2. The van der Waals surface area contributed by atoms with Crippen LogP contribution in [-0.2, 0) is 11.2 Å². The largest absolute Gasteiger partial charge is 0.368 e. The minimum Gasteiger partial charge on any atom is -0.368 e. The number of benzene rings is 1. The summed E-state index contributed by atoms with van der Waals surface area (Å²) in [7, 11) is 0. The van der Waals surface area contributed by atoms with Crippen molar-refractivity contribution in [2.75, 3.05) is 0 Å². The van der Waals surface area contributed by atoms with Crippen LogP contribution in [0, 0.1) is 0 Å². The number of carbonyl (C=O) groups is 1. The van der Waals surface area contributed by atoms with Crippen LogP contribution in [0.1, 0.15) is 51.0 Å². The van der Waals surface area contributed by atoms with Gasteiger partial charge < -0.3 is 5.73 Å². The summed E-state index contributed by atoms with van der Waals surface area (Å²) in [5.41, 5.74) is 8.32. The summed E-state index contributed by atoms with van der Waals surface area (Å²) in [6.07, 6.45) is 0.555. The Morgan fingerprint density at radius 3 is 2.42 bits per heavy atom. The second-order valence-electron chi connectivity index (χ2n) is 6.74. The highest BCUT2D eigenvalue weighted by Gasteiger charge is 2.22. The molecular weight excluding hydrogens is 346 g/mol. The molecule has 6 heteroatoms. The minimum absolute atomic E-state index is 0.206. The SMILES string of the molecule is CCc1nc2scc(-c3ccc(C(C)C)cc3)c2c(=O)n1C(C)C(N)=O. The molecule has 0 fully saturated rings. The van der Waals surface area contributed by atoms with Gasteiger partial charge in [-0.3, -0.25) is 14.2 Å². The fraction of sp³-hybridized carbons (Fsp3) is 0.350. The maximum Gasteiger partial charge on any atom is 0.263 e. The van der Waals surface area contributed by atoms with Crippen molar-refractivity contribution in [2.24, 2.45) is 5.73 Å². The number of amides is 1. The van der Waals surface area contributed by atoms with Crippen LogP contribution in [0.2, 0.25) is 0 Å². The first-order valence-electron chi connectivity index (χ1n) is 8.77. The first kappa shape index (κ1) is 18.3. The molecule has 0 bridgehead atoms. The lowest BCUT2D eigenvalue weighted by molar-refractivity contribution is -0.120. The normalized spacial score (nSPS) is 12.7. The number of carbonyl (C=O) groups excluding carboxylic acids is 1. The van der Waals surface area contributed by atoms with Gasteiger partial charge in [0.05, 0.1) is 5.39 Å². The molecule has 1 atom stereocenters. The lowest BCUT2D eigenvalue weighted by Crippen LogP contribution is -2.34. The average molecular weight is 369 g/mol. The molecule has 5 nitrogen and oxygen atoms in total. The summed E-state index contributed by atoms with van der Waals surface area (Å²) >= 11 is 1.45. The van der Waals surface area contributed by atoms with Crippen LogP contribution in [0.5, 0.6) is 0 Å². The van der Waals surface area contributed by atoms with E-state index in [0.717, 1.165) is 11.1 Å². The zero-order valence-electron chi connectivity index (χ0n) is 15.4. The van der Waals surface area contributed by atoms with Crippen molar-refractivity contribution in [1.82, 2.24) is 9.55 Å². The van der Waals surface area contributed by atoms with Gasteiger partial charge in [0.2, 0.25) is 5.91 Å². The second kappa shape index (κ2) is 7.03. The molecule has 0 aliphatic heterocycles.